The highest BCUT2D eigenvalue weighted by molar-refractivity contribution is 5.85. The van der Waals surface area contributed by atoms with Gasteiger partial charge in [-0.15, -0.1) is 12.4 Å². The standard InChI is InChI=1S/C9H18N2O5.ClH/c1-2-10-9(16)5-7(14)8(15)6(13)4(3-12)11-5;/h4-8,11-15H,2-3H2,1H3,(H,10,16);1H/t4-,5+,6-,7-,8+;/m1./s1. The van der Waals surface area contributed by atoms with Crippen molar-refractivity contribution in [1.29, 1.82) is 0 Å². The molecule has 5 atom stereocenters. The van der Waals surface area contributed by atoms with E-state index < -0.39 is 42.9 Å². The van der Waals surface area contributed by atoms with Crippen LogP contribution in [0.5, 0.6) is 0 Å². The number of amides is 1. The SMILES string of the molecule is CCNC(=O)[C@H]1N[C@H](CO)[C@@H](O)[C@H](O)[C@@H]1O.Cl. The molecule has 0 aromatic heterocycles. The molecule has 0 aliphatic carbocycles. The van der Waals surface area contributed by atoms with Crippen molar-refractivity contribution in [3.05, 3.63) is 0 Å². The maximum Gasteiger partial charge on any atom is 0.239 e. The first-order valence-corrected chi connectivity index (χ1v) is 5.21. The molecule has 0 aromatic carbocycles. The van der Waals surface area contributed by atoms with Gasteiger partial charge in [0.25, 0.3) is 0 Å². The molecule has 17 heavy (non-hydrogen) atoms. The summed E-state index contributed by atoms with van der Waals surface area (Å²) in [7, 11) is 0. The molecular formula is C9H19ClN2O5. The van der Waals surface area contributed by atoms with Crippen molar-refractivity contribution in [2.24, 2.45) is 0 Å². The molecule has 1 aliphatic rings. The summed E-state index contributed by atoms with van der Waals surface area (Å²) in [5.41, 5.74) is 0. The first kappa shape index (κ1) is 16.6. The number of nitrogens with one attached hydrogen (secondary N) is 2. The fourth-order valence-electron chi connectivity index (χ4n) is 1.74. The van der Waals surface area contributed by atoms with Crippen LogP contribution in [-0.2, 0) is 4.79 Å². The molecule has 0 radical (unpaired) electrons. The maximum absolute atomic E-state index is 11.5. The van der Waals surface area contributed by atoms with Crippen molar-refractivity contribution in [1.82, 2.24) is 10.6 Å². The molecule has 1 amide bonds. The van der Waals surface area contributed by atoms with E-state index in [4.69, 9.17) is 5.11 Å². The van der Waals surface area contributed by atoms with Crippen LogP contribution >= 0.6 is 12.4 Å². The lowest BCUT2D eigenvalue weighted by atomic mass is 9.90. The highest BCUT2D eigenvalue weighted by Crippen LogP contribution is 2.15. The Morgan fingerprint density at radius 2 is 1.82 bits per heavy atom. The van der Waals surface area contributed by atoms with Gasteiger partial charge in [0.05, 0.1) is 12.6 Å². The second kappa shape index (κ2) is 7.10. The van der Waals surface area contributed by atoms with E-state index in [1.165, 1.54) is 0 Å². The van der Waals surface area contributed by atoms with Gasteiger partial charge in [0.1, 0.15) is 24.4 Å². The predicted molar refractivity (Wildman–Crippen MR) is 61.7 cm³/mol. The summed E-state index contributed by atoms with van der Waals surface area (Å²) >= 11 is 0. The van der Waals surface area contributed by atoms with Gasteiger partial charge in [-0.25, -0.2) is 0 Å². The van der Waals surface area contributed by atoms with Crippen molar-refractivity contribution in [3.63, 3.8) is 0 Å². The lowest BCUT2D eigenvalue weighted by molar-refractivity contribution is -0.145. The summed E-state index contributed by atoms with van der Waals surface area (Å²) in [4.78, 5) is 11.5. The van der Waals surface area contributed by atoms with E-state index in [0.29, 0.717) is 6.54 Å². The number of piperidine rings is 1. The van der Waals surface area contributed by atoms with Gasteiger partial charge in [0.2, 0.25) is 5.91 Å². The molecule has 1 fully saturated rings. The normalized spacial score (nSPS) is 37.1. The number of rotatable bonds is 3. The zero-order valence-corrected chi connectivity index (χ0v) is 10.2. The number of carbonyl (C=O) groups is 1. The lowest BCUT2D eigenvalue weighted by Gasteiger charge is -2.40. The van der Waals surface area contributed by atoms with Gasteiger partial charge >= 0.3 is 0 Å². The fraction of sp³-hybridized carbons (Fsp3) is 0.889. The highest BCUT2D eigenvalue weighted by atomic mass is 35.5. The van der Waals surface area contributed by atoms with Gasteiger partial charge in [-0.2, -0.15) is 0 Å². The van der Waals surface area contributed by atoms with Gasteiger partial charge < -0.3 is 25.7 Å². The minimum Gasteiger partial charge on any atom is -0.395 e. The van der Waals surface area contributed by atoms with Gasteiger partial charge in [-0.05, 0) is 6.92 Å². The van der Waals surface area contributed by atoms with Crippen LogP contribution in [0.1, 0.15) is 6.92 Å². The summed E-state index contributed by atoms with van der Waals surface area (Å²) < 4.78 is 0. The molecule has 1 heterocycles. The second-order valence-electron chi connectivity index (χ2n) is 3.80. The van der Waals surface area contributed by atoms with E-state index in [2.05, 4.69) is 10.6 Å². The maximum atomic E-state index is 11.5. The van der Waals surface area contributed by atoms with Crippen molar-refractivity contribution in [3.8, 4) is 0 Å². The Balaban J connectivity index is 0.00000256. The second-order valence-corrected chi connectivity index (χ2v) is 3.80. The topological polar surface area (TPSA) is 122 Å². The Labute approximate surface area is 105 Å². The van der Waals surface area contributed by atoms with Crippen LogP contribution in [0.4, 0.5) is 0 Å². The largest absolute Gasteiger partial charge is 0.395 e. The minimum absolute atomic E-state index is 0. The molecule has 0 saturated carbocycles. The molecule has 1 rings (SSSR count). The van der Waals surface area contributed by atoms with Crippen LogP contribution in [0.2, 0.25) is 0 Å². The first-order chi connectivity index (χ1) is 7.52. The van der Waals surface area contributed by atoms with Gasteiger partial charge in [-0.1, -0.05) is 0 Å². The molecule has 8 heteroatoms. The van der Waals surface area contributed by atoms with Gasteiger partial charge in [-0.3, -0.25) is 10.1 Å². The number of hydrogen-bond acceptors (Lipinski definition) is 6. The van der Waals surface area contributed by atoms with Crippen molar-refractivity contribution in [2.45, 2.75) is 37.3 Å². The zero-order chi connectivity index (χ0) is 12.3. The Hall–Kier alpha value is -0.440. The Morgan fingerprint density at radius 1 is 1.24 bits per heavy atom. The third-order valence-electron chi connectivity index (χ3n) is 2.68. The van der Waals surface area contributed by atoms with Crippen molar-refractivity contribution < 1.29 is 25.2 Å². The van der Waals surface area contributed by atoms with Crippen LogP contribution in [-0.4, -0.2) is 69.9 Å². The van der Waals surface area contributed by atoms with Gasteiger partial charge in [0, 0.05) is 6.54 Å². The van der Waals surface area contributed by atoms with Gasteiger partial charge in [0.15, 0.2) is 0 Å². The summed E-state index contributed by atoms with van der Waals surface area (Å²) in [6.07, 6.45) is -4.15. The van der Waals surface area contributed by atoms with Crippen molar-refractivity contribution in [2.75, 3.05) is 13.2 Å². The Kier molecular flexibility index (Phi) is 6.91. The average Bonchev–Trinajstić information content (AvgIpc) is 2.27. The van der Waals surface area contributed by atoms with Crippen LogP contribution < -0.4 is 10.6 Å². The zero-order valence-electron chi connectivity index (χ0n) is 9.41. The molecule has 102 valence electrons. The van der Waals surface area contributed by atoms with Crippen LogP contribution in [0.25, 0.3) is 0 Å². The number of halogens is 1. The molecule has 1 saturated heterocycles. The Morgan fingerprint density at radius 3 is 2.29 bits per heavy atom. The molecule has 7 nitrogen and oxygen atoms in total. The van der Waals surface area contributed by atoms with E-state index in [1.54, 1.807) is 6.92 Å². The summed E-state index contributed by atoms with van der Waals surface area (Å²) in [6.45, 7) is 1.69. The van der Waals surface area contributed by atoms with Crippen LogP contribution in [0, 0.1) is 0 Å². The highest BCUT2D eigenvalue weighted by Gasteiger charge is 2.44. The van der Waals surface area contributed by atoms with Crippen molar-refractivity contribution >= 4 is 18.3 Å². The molecule has 0 bridgehead atoms. The smallest absolute Gasteiger partial charge is 0.239 e. The average molecular weight is 271 g/mol. The van der Waals surface area contributed by atoms with Crippen LogP contribution in [0.3, 0.4) is 0 Å². The first-order valence-electron chi connectivity index (χ1n) is 5.21. The number of likely N-dealkylation sites (N-methyl/N-ethyl adjacent to an activating group) is 1. The van der Waals surface area contributed by atoms with Crippen LogP contribution in [0.15, 0.2) is 0 Å². The predicted octanol–water partition coefficient (Wildman–Crippen LogP) is -3.04. The Bertz CT molecular complexity index is 254. The van der Waals surface area contributed by atoms with E-state index in [1.807, 2.05) is 0 Å². The molecule has 1 aliphatic heterocycles. The molecule has 0 unspecified atom stereocenters. The fourth-order valence-corrected chi connectivity index (χ4v) is 1.74. The summed E-state index contributed by atoms with van der Waals surface area (Å²) in [6, 6.07) is -1.86. The number of aliphatic hydroxyl groups excluding tert-OH is 4. The van der Waals surface area contributed by atoms with E-state index in [0.717, 1.165) is 0 Å². The van der Waals surface area contributed by atoms with E-state index in [9.17, 15) is 20.1 Å². The molecule has 6 N–H and O–H groups in total. The van der Waals surface area contributed by atoms with E-state index in [-0.39, 0.29) is 12.4 Å². The minimum atomic E-state index is -1.45. The molecular weight excluding hydrogens is 252 g/mol. The van der Waals surface area contributed by atoms with E-state index >= 15 is 0 Å². The summed E-state index contributed by atoms with van der Waals surface area (Å²) in [5, 5.41) is 42.6. The lowest BCUT2D eigenvalue weighted by Crippen LogP contribution is -2.69. The monoisotopic (exact) mass is 270 g/mol. The molecule has 0 spiro atoms. The summed E-state index contributed by atoms with van der Waals surface area (Å²) in [5.74, 6) is -0.473. The number of carbonyl (C=O) groups excluding carboxylic acids is 1. The third kappa shape index (κ3) is 3.51. The molecule has 0 aromatic rings. The number of aliphatic hydroxyl groups is 4. The number of hydrogen-bond donors (Lipinski definition) is 6. The third-order valence-corrected chi connectivity index (χ3v) is 2.68. The quantitative estimate of drug-likeness (QED) is 0.324.